The molecular weight excluding hydrogens is 562 g/mol. The molecule has 0 saturated carbocycles. The average Bonchev–Trinajstić information content (AvgIpc) is 3.01. The second-order valence-electron chi connectivity index (χ2n) is 9.97. The topological polar surface area (TPSA) is 203 Å². The van der Waals surface area contributed by atoms with E-state index in [1.54, 1.807) is 47.3 Å². The number of carbonyl (C=O) groups is 2. The minimum atomic E-state index is -0.727. The highest BCUT2D eigenvalue weighted by Crippen LogP contribution is 2.23. The number of amides is 2. The molecule has 2 amide bonds. The Morgan fingerprint density at radius 2 is 1.68 bits per heavy atom. The summed E-state index contributed by atoms with van der Waals surface area (Å²) >= 11 is 0. The van der Waals surface area contributed by atoms with Crippen LogP contribution in [-0.2, 0) is 13.0 Å². The first-order valence-corrected chi connectivity index (χ1v) is 13.8. The Bertz CT molecular complexity index is 1890. The molecule has 0 aliphatic carbocycles. The number of hydrogen-bond donors (Lipinski definition) is 6. The number of benzene rings is 3. The van der Waals surface area contributed by atoms with Crippen LogP contribution in [0.2, 0.25) is 0 Å². The molecule has 5 aromatic rings. The van der Waals surface area contributed by atoms with Crippen molar-refractivity contribution >= 4 is 40.0 Å². The molecule has 0 aliphatic heterocycles. The molecule has 0 aliphatic rings. The molecule has 2 heterocycles. The highest BCUT2D eigenvalue weighted by Gasteiger charge is 2.18. The van der Waals surface area contributed by atoms with Crippen LogP contribution in [0.1, 0.15) is 44.3 Å². The SMILES string of the molecule is Cc1nc(N)c(C(N)=O)c(NCCCc2nc3cccc(NCc4ccc(C(=O)NO)cc4)c3c(=O)n2-c2ccccc2)n1. The van der Waals surface area contributed by atoms with Crippen molar-refractivity contribution < 1.29 is 14.8 Å². The quantitative estimate of drug-likeness (QED) is 0.0750. The van der Waals surface area contributed by atoms with Gasteiger partial charge in [-0.2, -0.15) is 0 Å². The van der Waals surface area contributed by atoms with Gasteiger partial charge >= 0.3 is 0 Å². The summed E-state index contributed by atoms with van der Waals surface area (Å²) < 4.78 is 1.61. The lowest BCUT2D eigenvalue weighted by molar-refractivity contribution is 0.0706. The summed E-state index contributed by atoms with van der Waals surface area (Å²) in [5.41, 5.74) is 15.8. The van der Waals surface area contributed by atoms with Gasteiger partial charge in [0.2, 0.25) is 0 Å². The maximum Gasteiger partial charge on any atom is 0.274 e. The molecule has 2 aromatic heterocycles. The van der Waals surface area contributed by atoms with Crippen molar-refractivity contribution in [3.05, 3.63) is 111 Å². The second kappa shape index (κ2) is 13.0. The van der Waals surface area contributed by atoms with Crippen molar-refractivity contribution in [3.8, 4) is 5.69 Å². The fourth-order valence-corrected chi connectivity index (χ4v) is 4.89. The number of fused-ring (bicyclic) bond motifs is 1. The zero-order chi connectivity index (χ0) is 31.2. The molecule has 0 radical (unpaired) electrons. The number of nitrogens with one attached hydrogen (secondary N) is 3. The first-order valence-electron chi connectivity index (χ1n) is 13.8. The largest absolute Gasteiger partial charge is 0.383 e. The molecule has 0 atom stereocenters. The van der Waals surface area contributed by atoms with Gasteiger partial charge in [-0.3, -0.25) is 24.2 Å². The van der Waals surface area contributed by atoms with E-state index in [4.69, 9.17) is 21.7 Å². The lowest BCUT2D eigenvalue weighted by atomic mass is 10.1. The fraction of sp³-hybridized carbons (Fsp3) is 0.161. The number of primary amides is 1. The van der Waals surface area contributed by atoms with Crippen molar-refractivity contribution in [1.82, 2.24) is 25.0 Å². The van der Waals surface area contributed by atoms with Crippen LogP contribution in [0.3, 0.4) is 0 Å². The summed E-state index contributed by atoms with van der Waals surface area (Å²) in [6.07, 6.45) is 0.984. The Morgan fingerprint density at radius 3 is 2.39 bits per heavy atom. The third-order valence-electron chi connectivity index (χ3n) is 6.95. The van der Waals surface area contributed by atoms with Gasteiger partial charge in [0, 0.05) is 30.8 Å². The Hall–Kier alpha value is -5.82. The number of rotatable bonds is 11. The predicted octanol–water partition coefficient (Wildman–Crippen LogP) is 2.94. The number of para-hydroxylation sites is 1. The highest BCUT2D eigenvalue weighted by atomic mass is 16.5. The number of carbonyl (C=O) groups excluding carboxylic acids is 2. The van der Waals surface area contributed by atoms with Crippen molar-refractivity contribution in [2.75, 3.05) is 22.9 Å². The zero-order valence-electron chi connectivity index (χ0n) is 23.9. The van der Waals surface area contributed by atoms with E-state index in [1.165, 1.54) is 0 Å². The maximum atomic E-state index is 14.1. The number of hydrogen-bond acceptors (Lipinski definition) is 10. The van der Waals surface area contributed by atoms with Crippen molar-refractivity contribution in [3.63, 3.8) is 0 Å². The number of anilines is 3. The fourth-order valence-electron chi connectivity index (χ4n) is 4.89. The normalized spacial score (nSPS) is 10.9. The van der Waals surface area contributed by atoms with Gasteiger partial charge in [0.05, 0.1) is 16.6 Å². The summed E-state index contributed by atoms with van der Waals surface area (Å²) in [5.74, 6) is -0.0799. The van der Waals surface area contributed by atoms with Gasteiger partial charge < -0.3 is 22.1 Å². The summed E-state index contributed by atoms with van der Waals surface area (Å²) in [5, 5.41) is 15.7. The second-order valence-corrected chi connectivity index (χ2v) is 9.97. The molecule has 0 unspecified atom stereocenters. The summed E-state index contributed by atoms with van der Waals surface area (Å²) in [6.45, 7) is 2.46. The van der Waals surface area contributed by atoms with Gasteiger partial charge in [-0.25, -0.2) is 20.4 Å². The van der Waals surface area contributed by atoms with Crippen LogP contribution in [0.25, 0.3) is 16.6 Å². The minimum Gasteiger partial charge on any atom is -0.383 e. The third-order valence-corrected chi connectivity index (χ3v) is 6.95. The molecule has 44 heavy (non-hydrogen) atoms. The highest BCUT2D eigenvalue weighted by molar-refractivity contribution is 6.01. The first-order chi connectivity index (χ1) is 21.3. The van der Waals surface area contributed by atoms with Gasteiger partial charge in [-0.1, -0.05) is 36.4 Å². The van der Waals surface area contributed by atoms with Crippen LogP contribution in [0.5, 0.6) is 0 Å². The molecule has 5 rings (SSSR count). The molecule has 8 N–H and O–H groups in total. The number of nitrogens with zero attached hydrogens (tertiary/aromatic N) is 4. The van der Waals surface area contributed by atoms with Crippen LogP contribution in [-0.4, -0.2) is 43.1 Å². The van der Waals surface area contributed by atoms with Gasteiger partial charge in [-0.05, 0) is 55.3 Å². The molecule has 0 spiro atoms. The lowest BCUT2D eigenvalue weighted by Crippen LogP contribution is -2.25. The van der Waals surface area contributed by atoms with Gasteiger partial charge in [-0.15, -0.1) is 0 Å². The average molecular weight is 594 g/mol. The molecular formula is C31H31N9O4. The van der Waals surface area contributed by atoms with Gasteiger partial charge in [0.1, 0.15) is 28.8 Å². The Morgan fingerprint density at radius 1 is 0.932 bits per heavy atom. The molecule has 0 fully saturated rings. The number of nitrogens with two attached hydrogens (primary N) is 2. The monoisotopic (exact) mass is 593 g/mol. The lowest BCUT2D eigenvalue weighted by Gasteiger charge is -2.16. The summed E-state index contributed by atoms with van der Waals surface area (Å²) in [6, 6.07) is 21.5. The van der Waals surface area contributed by atoms with Crippen molar-refractivity contribution in [2.45, 2.75) is 26.3 Å². The van der Waals surface area contributed by atoms with E-state index in [9.17, 15) is 14.4 Å². The Labute approximate surface area is 251 Å². The van der Waals surface area contributed by atoms with E-state index in [-0.39, 0.29) is 22.8 Å². The van der Waals surface area contributed by atoms with Crippen molar-refractivity contribution in [1.29, 1.82) is 0 Å². The van der Waals surface area contributed by atoms with Crippen LogP contribution in [0.15, 0.2) is 77.6 Å². The number of nitrogen functional groups attached to an aromatic ring is 1. The predicted molar refractivity (Wildman–Crippen MR) is 167 cm³/mol. The number of aromatic nitrogens is 4. The van der Waals surface area contributed by atoms with E-state index in [0.717, 1.165) is 5.56 Å². The van der Waals surface area contributed by atoms with Crippen LogP contribution in [0.4, 0.5) is 17.3 Å². The Kier molecular flexibility index (Phi) is 8.77. The molecule has 3 aromatic carbocycles. The minimum absolute atomic E-state index is 0.0112. The molecule has 0 saturated heterocycles. The smallest absolute Gasteiger partial charge is 0.274 e. The van der Waals surface area contributed by atoms with Crippen LogP contribution >= 0.6 is 0 Å². The van der Waals surface area contributed by atoms with Crippen LogP contribution in [0, 0.1) is 6.92 Å². The molecule has 13 nitrogen and oxygen atoms in total. The Balaban J connectivity index is 1.42. The third kappa shape index (κ3) is 6.32. The standard InChI is InChI=1S/C31H31N9O4/c1-18-36-27(32)26(28(33)41)29(37-18)34-16-6-11-24-38-23-10-5-9-22(25(23)31(43)40(24)21-7-3-2-4-8-21)35-17-19-12-14-20(15-13-19)30(42)39-44/h2-5,7-10,12-15,35,44H,6,11,16-17H2,1H3,(H2,33,41)(H,39,42)(H3,32,34,36,37). The van der Waals surface area contributed by atoms with E-state index >= 15 is 0 Å². The number of hydroxylamine groups is 1. The van der Waals surface area contributed by atoms with Crippen LogP contribution < -0.4 is 33.1 Å². The molecule has 224 valence electrons. The van der Waals surface area contributed by atoms with E-state index in [1.807, 2.05) is 42.5 Å². The molecule has 0 bridgehead atoms. The number of aryl methyl sites for hydroxylation is 2. The van der Waals surface area contributed by atoms with E-state index in [2.05, 4.69) is 20.6 Å². The van der Waals surface area contributed by atoms with E-state index < -0.39 is 11.8 Å². The first kappa shape index (κ1) is 29.7. The van der Waals surface area contributed by atoms with Gasteiger partial charge in [0.15, 0.2) is 0 Å². The van der Waals surface area contributed by atoms with Crippen molar-refractivity contribution in [2.24, 2.45) is 5.73 Å². The zero-order valence-corrected chi connectivity index (χ0v) is 23.9. The summed E-state index contributed by atoms with van der Waals surface area (Å²) in [7, 11) is 0. The summed E-state index contributed by atoms with van der Waals surface area (Å²) in [4.78, 5) is 50.8. The van der Waals surface area contributed by atoms with Gasteiger partial charge in [0.25, 0.3) is 17.4 Å². The van der Waals surface area contributed by atoms with E-state index in [0.29, 0.717) is 65.4 Å². The molecule has 13 heteroatoms. The maximum absolute atomic E-state index is 14.1.